The summed E-state index contributed by atoms with van der Waals surface area (Å²) in [6, 6.07) is 1.94. The van der Waals surface area contributed by atoms with Crippen molar-refractivity contribution in [1.82, 2.24) is 19.9 Å². The highest BCUT2D eigenvalue weighted by Gasteiger charge is 2.37. The first kappa shape index (κ1) is 16.2. The van der Waals surface area contributed by atoms with E-state index < -0.39 is 12.3 Å². The summed E-state index contributed by atoms with van der Waals surface area (Å²) in [5.74, 6) is 0.408. The number of carbonyl (C=O) groups excluding carboxylic acids is 1. The molecule has 1 aliphatic rings. The van der Waals surface area contributed by atoms with Crippen molar-refractivity contribution in [3.8, 4) is 11.8 Å². The van der Waals surface area contributed by atoms with Crippen LogP contribution < -0.4 is 9.64 Å². The van der Waals surface area contributed by atoms with Crippen LogP contribution >= 0.6 is 0 Å². The number of carbonyl (C=O) groups is 1. The zero-order valence-corrected chi connectivity index (χ0v) is 13.4. The molecule has 3 N–H and O–H groups in total. The van der Waals surface area contributed by atoms with Gasteiger partial charge in [-0.05, 0) is 25.0 Å². The van der Waals surface area contributed by atoms with Crippen LogP contribution in [0.3, 0.4) is 0 Å². The highest BCUT2D eigenvalue weighted by molar-refractivity contribution is 5.99. The first-order valence-electron chi connectivity index (χ1n) is 7.53. The summed E-state index contributed by atoms with van der Waals surface area (Å²) >= 11 is 0. The molecule has 0 saturated carbocycles. The van der Waals surface area contributed by atoms with Crippen LogP contribution in [0.2, 0.25) is 0 Å². The molecule has 1 atom stereocenters. The lowest BCUT2D eigenvalue weighted by atomic mass is 10.2. The normalized spacial score (nSPS) is 17.2. The molecule has 0 radical (unpaired) electrons. The summed E-state index contributed by atoms with van der Waals surface area (Å²) in [5, 5.41) is 19.2. The number of aliphatic hydroxyl groups excluding tert-OH is 2. The molecule has 3 rings (SSSR count). The van der Waals surface area contributed by atoms with Gasteiger partial charge in [0.1, 0.15) is 5.75 Å². The number of amides is 1. The third-order valence-corrected chi connectivity index (χ3v) is 3.72. The maximum atomic E-state index is 12.5. The van der Waals surface area contributed by atoms with Crippen molar-refractivity contribution >= 4 is 11.7 Å². The van der Waals surface area contributed by atoms with Crippen LogP contribution in [0.1, 0.15) is 22.5 Å². The number of rotatable bonds is 5. The van der Waals surface area contributed by atoms with Crippen molar-refractivity contribution in [3.05, 3.63) is 29.7 Å². The highest BCUT2D eigenvalue weighted by atomic mass is 16.5. The van der Waals surface area contributed by atoms with Crippen molar-refractivity contribution < 1.29 is 19.7 Å². The van der Waals surface area contributed by atoms with Crippen LogP contribution in [0.4, 0.5) is 5.82 Å². The molecule has 0 spiro atoms. The molecule has 1 unspecified atom stereocenters. The van der Waals surface area contributed by atoms with E-state index in [-0.39, 0.29) is 24.9 Å². The number of H-pyrrole nitrogens is 1. The maximum absolute atomic E-state index is 12.5. The van der Waals surface area contributed by atoms with Gasteiger partial charge in [-0.1, -0.05) is 0 Å². The number of hydrogen-bond acceptors (Lipinski definition) is 7. The van der Waals surface area contributed by atoms with Crippen LogP contribution in [-0.2, 0) is 0 Å². The van der Waals surface area contributed by atoms with E-state index in [0.29, 0.717) is 18.0 Å². The second kappa shape index (κ2) is 6.46. The number of imidazole rings is 1. The lowest BCUT2D eigenvalue weighted by Crippen LogP contribution is -2.54. The minimum absolute atomic E-state index is 0.0647. The van der Waals surface area contributed by atoms with E-state index in [9.17, 15) is 9.90 Å². The minimum Gasteiger partial charge on any atom is -0.424 e. The zero-order chi connectivity index (χ0) is 17.3. The SMILES string of the molecule is Cc1cncc(Oc2nc3c([nH]2)C(=O)N(CCCO)C(O)N3C)c1. The number of ether oxygens (including phenoxy) is 1. The molecule has 0 fully saturated rings. The Hall–Kier alpha value is -2.65. The van der Waals surface area contributed by atoms with Crippen LogP contribution in [-0.4, -0.2) is 62.5 Å². The van der Waals surface area contributed by atoms with Gasteiger partial charge in [0.25, 0.3) is 5.91 Å². The summed E-state index contributed by atoms with van der Waals surface area (Å²) in [6.07, 6.45) is 2.47. The van der Waals surface area contributed by atoms with Gasteiger partial charge in [-0.15, -0.1) is 0 Å². The Morgan fingerprint density at radius 3 is 2.92 bits per heavy atom. The van der Waals surface area contributed by atoms with Gasteiger partial charge in [0.05, 0.1) is 6.20 Å². The molecule has 2 aromatic heterocycles. The topological polar surface area (TPSA) is 115 Å². The molecule has 24 heavy (non-hydrogen) atoms. The molecular formula is C15H19N5O4. The van der Waals surface area contributed by atoms with Crippen LogP contribution in [0, 0.1) is 6.92 Å². The van der Waals surface area contributed by atoms with Crippen molar-refractivity contribution in [3.63, 3.8) is 0 Å². The Bertz CT molecular complexity index is 747. The number of fused-ring (bicyclic) bond motifs is 1. The van der Waals surface area contributed by atoms with E-state index >= 15 is 0 Å². The van der Waals surface area contributed by atoms with E-state index in [1.54, 1.807) is 25.5 Å². The fraction of sp³-hybridized carbons (Fsp3) is 0.400. The molecule has 1 aliphatic heterocycles. The molecule has 0 aliphatic carbocycles. The average molecular weight is 333 g/mol. The molecule has 9 heteroatoms. The number of aliphatic hydroxyl groups is 2. The van der Waals surface area contributed by atoms with E-state index in [1.165, 1.54) is 9.80 Å². The number of nitrogens with one attached hydrogen (secondary N) is 1. The summed E-state index contributed by atoms with van der Waals surface area (Å²) in [6.45, 7) is 2.06. The zero-order valence-electron chi connectivity index (χ0n) is 13.4. The number of aryl methyl sites for hydroxylation is 1. The summed E-state index contributed by atoms with van der Waals surface area (Å²) in [7, 11) is 1.63. The molecule has 0 bridgehead atoms. The third-order valence-electron chi connectivity index (χ3n) is 3.72. The van der Waals surface area contributed by atoms with Gasteiger partial charge in [0.2, 0.25) is 6.35 Å². The Morgan fingerprint density at radius 1 is 1.42 bits per heavy atom. The Kier molecular flexibility index (Phi) is 4.36. The monoisotopic (exact) mass is 333 g/mol. The average Bonchev–Trinajstić information content (AvgIpc) is 2.97. The Labute approximate surface area is 138 Å². The van der Waals surface area contributed by atoms with E-state index in [1.807, 2.05) is 6.92 Å². The van der Waals surface area contributed by atoms with Crippen molar-refractivity contribution in [2.24, 2.45) is 0 Å². The smallest absolute Gasteiger partial charge is 0.301 e. The number of hydrogen-bond donors (Lipinski definition) is 3. The predicted octanol–water partition coefficient (Wildman–Crippen LogP) is 0.456. The van der Waals surface area contributed by atoms with Crippen LogP contribution in [0.5, 0.6) is 11.8 Å². The third kappa shape index (κ3) is 2.91. The number of pyridine rings is 1. The molecule has 2 aromatic rings. The van der Waals surface area contributed by atoms with Gasteiger partial charge in [-0.2, -0.15) is 4.98 Å². The lowest BCUT2D eigenvalue weighted by Gasteiger charge is -2.37. The van der Waals surface area contributed by atoms with Crippen molar-refractivity contribution in [2.75, 3.05) is 25.1 Å². The molecule has 0 saturated heterocycles. The Balaban J connectivity index is 1.87. The van der Waals surface area contributed by atoms with Gasteiger partial charge in [0.15, 0.2) is 11.5 Å². The van der Waals surface area contributed by atoms with Gasteiger partial charge < -0.3 is 24.8 Å². The number of aromatic amines is 1. The summed E-state index contributed by atoms with van der Waals surface area (Å²) in [4.78, 5) is 26.4. The molecule has 1 amide bonds. The quantitative estimate of drug-likeness (QED) is 0.728. The lowest BCUT2D eigenvalue weighted by molar-refractivity contribution is 0.00156. The first-order chi connectivity index (χ1) is 11.5. The van der Waals surface area contributed by atoms with E-state index in [2.05, 4.69) is 15.0 Å². The summed E-state index contributed by atoms with van der Waals surface area (Å²) in [5.41, 5.74) is 1.17. The number of nitrogens with zero attached hydrogens (tertiary/aromatic N) is 4. The fourth-order valence-corrected chi connectivity index (χ4v) is 2.52. The Morgan fingerprint density at radius 2 is 2.21 bits per heavy atom. The fourth-order valence-electron chi connectivity index (χ4n) is 2.52. The van der Waals surface area contributed by atoms with E-state index in [4.69, 9.17) is 9.84 Å². The van der Waals surface area contributed by atoms with Crippen LogP contribution in [0.15, 0.2) is 18.5 Å². The second-order valence-corrected chi connectivity index (χ2v) is 5.57. The van der Waals surface area contributed by atoms with Crippen molar-refractivity contribution in [1.29, 1.82) is 0 Å². The van der Waals surface area contributed by atoms with Gasteiger partial charge >= 0.3 is 6.01 Å². The molecular weight excluding hydrogens is 314 g/mol. The standard InChI is InChI=1S/C15H19N5O4/c1-9-6-10(8-16-7-9)24-14-17-11-12(18-14)19(2)15(23)20(13(11)22)4-3-5-21/h6-8,15,21,23H,3-5H2,1-2H3,(H,17,18). The van der Waals surface area contributed by atoms with Crippen LogP contribution in [0.25, 0.3) is 0 Å². The highest BCUT2D eigenvalue weighted by Crippen LogP contribution is 2.30. The number of aromatic nitrogens is 3. The molecule has 128 valence electrons. The first-order valence-corrected chi connectivity index (χ1v) is 7.53. The van der Waals surface area contributed by atoms with Gasteiger partial charge in [-0.25, -0.2) is 0 Å². The summed E-state index contributed by atoms with van der Waals surface area (Å²) < 4.78 is 5.61. The molecule has 0 aromatic carbocycles. The molecule has 9 nitrogen and oxygen atoms in total. The maximum Gasteiger partial charge on any atom is 0.301 e. The molecule has 3 heterocycles. The minimum atomic E-state index is -1.15. The predicted molar refractivity (Wildman–Crippen MR) is 84.8 cm³/mol. The van der Waals surface area contributed by atoms with Gasteiger partial charge in [-0.3, -0.25) is 14.7 Å². The number of anilines is 1. The van der Waals surface area contributed by atoms with Gasteiger partial charge in [0, 0.05) is 26.4 Å². The largest absolute Gasteiger partial charge is 0.424 e. The second-order valence-electron chi connectivity index (χ2n) is 5.57. The van der Waals surface area contributed by atoms with Crippen molar-refractivity contribution in [2.45, 2.75) is 19.7 Å². The van der Waals surface area contributed by atoms with E-state index in [0.717, 1.165) is 5.56 Å².